The van der Waals surface area contributed by atoms with E-state index in [-0.39, 0.29) is 5.91 Å². The van der Waals surface area contributed by atoms with Gasteiger partial charge in [-0.15, -0.1) is 11.3 Å². The van der Waals surface area contributed by atoms with Gasteiger partial charge in [0, 0.05) is 20.7 Å². The summed E-state index contributed by atoms with van der Waals surface area (Å²) in [4.78, 5) is 14.3. The molecule has 6 heteroatoms. The minimum absolute atomic E-state index is 0.0787. The second-order valence-corrected chi connectivity index (χ2v) is 7.85. The molecule has 3 aromatic rings. The topological polar surface area (TPSA) is 46.9 Å². The largest absolute Gasteiger partial charge is 0.321 e. The number of thiophene rings is 1. The molecule has 0 spiro atoms. The molecular weight excluding hydrogens is 386 g/mol. The summed E-state index contributed by atoms with van der Waals surface area (Å²) in [6, 6.07) is 11.7. The lowest BCUT2D eigenvalue weighted by Gasteiger charge is -2.07. The lowest BCUT2D eigenvalue weighted by atomic mass is 10.2. The quantitative estimate of drug-likeness (QED) is 0.670. The first kappa shape index (κ1) is 16.9. The molecule has 1 N–H and O–H groups in total. The number of carbonyl (C=O) groups is 1. The first-order valence-corrected chi connectivity index (χ1v) is 9.20. The van der Waals surface area contributed by atoms with Crippen LogP contribution in [0.1, 0.15) is 31.5 Å². The zero-order valence-corrected chi connectivity index (χ0v) is 16.2. The van der Waals surface area contributed by atoms with Gasteiger partial charge in [-0.25, -0.2) is 0 Å². The van der Waals surface area contributed by atoms with E-state index in [0.717, 1.165) is 32.0 Å². The summed E-state index contributed by atoms with van der Waals surface area (Å²) >= 11 is 4.93. The van der Waals surface area contributed by atoms with Gasteiger partial charge in [0.05, 0.1) is 17.1 Å². The molecule has 0 atom stereocenters. The third-order valence-corrected chi connectivity index (χ3v) is 5.29. The van der Waals surface area contributed by atoms with E-state index in [1.807, 2.05) is 55.8 Å². The van der Waals surface area contributed by atoms with Gasteiger partial charge in [-0.3, -0.25) is 9.48 Å². The van der Waals surface area contributed by atoms with Crippen molar-refractivity contribution in [1.29, 1.82) is 0 Å². The molecule has 0 saturated carbocycles. The summed E-state index contributed by atoms with van der Waals surface area (Å²) in [5.41, 5.74) is 3.99. The van der Waals surface area contributed by atoms with Gasteiger partial charge in [0.2, 0.25) is 0 Å². The molecule has 124 valence electrons. The van der Waals surface area contributed by atoms with Crippen LogP contribution in [-0.4, -0.2) is 15.7 Å². The predicted molar refractivity (Wildman–Crippen MR) is 102 cm³/mol. The highest BCUT2D eigenvalue weighted by atomic mass is 79.9. The number of anilines is 1. The van der Waals surface area contributed by atoms with Gasteiger partial charge in [-0.1, -0.05) is 15.9 Å². The molecule has 0 bridgehead atoms. The van der Waals surface area contributed by atoms with Gasteiger partial charge >= 0.3 is 0 Å². The van der Waals surface area contributed by atoms with E-state index in [1.54, 1.807) is 0 Å². The lowest BCUT2D eigenvalue weighted by Crippen LogP contribution is -2.11. The zero-order valence-electron chi connectivity index (χ0n) is 13.8. The Morgan fingerprint density at radius 2 is 2.00 bits per heavy atom. The first-order chi connectivity index (χ1) is 11.4. The van der Waals surface area contributed by atoms with Crippen LogP contribution in [0.25, 0.3) is 0 Å². The van der Waals surface area contributed by atoms with Crippen LogP contribution < -0.4 is 5.32 Å². The number of aryl methyl sites for hydroxylation is 3. The van der Waals surface area contributed by atoms with Gasteiger partial charge < -0.3 is 5.32 Å². The number of hydrogen-bond donors (Lipinski definition) is 1. The fourth-order valence-corrected chi connectivity index (χ4v) is 3.88. The van der Waals surface area contributed by atoms with Crippen LogP contribution in [0.2, 0.25) is 0 Å². The highest BCUT2D eigenvalue weighted by Crippen LogP contribution is 2.23. The highest BCUT2D eigenvalue weighted by Gasteiger charge is 2.12. The van der Waals surface area contributed by atoms with Gasteiger partial charge in [0.25, 0.3) is 5.91 Å². The minimum atomic E-state index is -0.0787. The highest BCUT2D eigenvalue weighted by molar-refractivity contribution is 9.10. The number of aromatic nitrogens is 2. The zero-order chi connectivity index (χ0) is 17.3. The predicted octanol–water partition coefficient (Wildman–Crippen LogP) is 4.93. The Morgan fingerprint density at radius 1 is 1.21 bits per heavy atom. The first-order valence-electron chi connectivity index (χ1n) is 7.59. The third kappa shape index (κ3) is 3.76. The van der Waals surface area contributed by atoms with E-state index >= 15 is 0 Å². The maximum Gasteiger partial charge on any atom is 0.265 e. The summed E-state index contributed by atoms with van der Waals surface area (Å²) < 4.78 is 2.96. The maximum absolute atomic E-state index is 12.5. The Kier molecular flexibility index (Phi) is 4.87. The average molecular weight is 404 g/mol. The summed E-state index contributed by atoms with van der Waals surface area (Å²) in [6.45, 7) is 6.69. The van der Waals surface area contributed by atoms with Crippen molar-refractivity contribution >= 4 is 38.9 Å². The van der Waals surface area contributed by atoms with Crippen molar-refractivity contribution in [2.24, 2.45) is 0 Å². The number of benzene rings is 1. The molecule has 1 aromatic carbocycles. The molecule has 0 unspecified atom stereocenters. The van der Waals surface area contributed by atoms with Crippen LogP contribution in [-0.2, 0) is 6.54 Å². The van der Waals surface area contributed by atoms with Crippen LogP contribution >= 0.6 is 27.3 Å². The number of carbonyl (C=O) groups excluding carboxylic acids is 1. The Bertz CT molecular complexity index is 898. The van der Waals surface area contributed by atoms with Crippen molar-refractivity contribution in [2.75, 3.05) is 5.32 Å². The van der Waals surface area contributed by atoms with E-state index in [0.29, 0.717) is 11.4 Å². The van der Waals surface area contributed by atoms with Crippen LogP contribution in [0.4, 0.5) is 5.69 Å². The molecule has 0 aliphatic heterocycles. The molecular formula is C18H18BrN3OS. The van der Waals surface area contributed by atoms with Crippen molar-refractivity contribution in [3.05, 3.63) is 67.6 Å². The van der Waals surface area contributed by atoms with Crippen LogP contribution in [0.3, 0.4) is 0 Å². The van der Waals surface area contributed by atoms with E-state index in [2.05, 4.69) is 32.4 Å². The molecule has 1 amide bonds. The molecule has 0 aliphatic rings. The summed E-state index contributed by atoms with van der Waals surface area (Å²) in [7, 11) is 0. The van der Waals surface area contributed by atoms with Crippen LogP contribution in [0, 0.1) is 20.8 Å². The Balaban J connectivity index is 1.72. The fourth-order valence-electron chi connectivity index (χ4n) is 2.52. The second-order valence-electron chi connectivity index (χ2n) is 5.76. The monoisotopic (exact) mass is 403 g/mol. The number of halogens is 1. The maximum atomic E-state index is 12.5. The second kappa shape index (κ2) is 6.91. The molecule has 0 radical (unpaired) electrons. The minimum Gasteiger partial charge on any atom is -0.321 e. The van der Waals surface area contributed by atoms with E-state index in [9.17, 15) is 4.79 Å². The van der Waals surface area contributed by atoms with Crippen molar-refractivity contribution < 1.29 is 4.79 Å². The molecule has 4 nitrogen and oxygen atoms in total. The number of amides is 1. The van der Waals surface area contributed by atoms with Crippen molar-refractivity contribution in [1.82, 2.24) is 9.78 Å². The smallest absolute Gasteiger partial charge is 0.265 e. The number of nitrogens with zero attached hydrogens (tertiary/aromatic N) is 2. The van der Waals surface area contributed by atoms with E-state index in [1.165, 1.54) is 11.3 Å². The summed E-state index contributed by atoms with van der Waals surface area (Å²) in [6.07, 6.45) is 0. The van der Waals surface area contributed by atoms with Gasteiger partial charge in [0.15, 0.2) is 0 Å². The molecule has 3 rings (SSSR count). The number of hydrogen-bond acceptors (Lipinski definition) is 3. The van der Waals surface area contributed by atoms with Crippen molar-refractivity contribution in [3.63, 3.8) is 0 Å². The Hall–Kier alpha value is -1.92. The third-order valence-electron chi connectivity index (χ3n) is 3.73. The standard InChI is InChI=1S/C18H18BrN3OS/c1-11-8-14(19)4-6-16(11)20-18(23)17-7-5-15(24-17)10-22-13(3)9-12(2)21-22/h4-9H,10H2,1-3H3,(H,20,23). The molecule has 24 heavy (non-hydrogen) atoms. The molecule has 0 fully saturated rings. The summed E-state index contributed by atoms with van der Waals surface area (Å²) in [5.74, 6) is -0.0787. The van der Waals surface area contributed by atoms with Gasteiger partial charge in [-0.2, -0.15) is 5.10 Å². The normalized spacial score (nSPS) is 10.8. The molecule has 2 heterocycles. The van der Waals surface area contributed by atoms with Crippen LogP contribution in [0.15, 0.2) is 40.9 Å². The van der Waals surface area contributed by atoms with Crippen molar-refractivity contribution in [3.8, 4) is 0 Å². The van der Waals surface area contributed by atoms with E-state index in [4.69, 9.17) is 0 Å². The lowest BCUT2D eigenvalue weighted by molar-refractivity contribution is 0.103. The fraction of sp³-hybridized carbons (Fsp3) is 0.222. The van der Waals surface area contributed by atoms with Gasteiger partial charge in [0.1, 0.15) is 0 Å². The Morgan fingerprint density at radius 3 is 2.67 bits per heavy atom. The Labute approximate surface area is 153 Å². The van der Waals surface area contributed by atoms with E-state index < -0.39 is 0 Å². The molecule has 0 aliphatic carbocycles. The average Bonchev–Trinajstić information content (AvgIpc) is 3.09. The number of rotatable bonds is 4. The van der Waals surface area contributed by atoms with Gasteiger partial charge in [-0.05, 0) is 62.7 Å². The molecule has 2 aromatic heterocycles. The van der Waals surface area contributed by atoms with Crippen LogP contribution in [0.5, 0.6) is 0 Å². The number of nitrogens with one attached hydrogen (secondary N) is 1. The SMILES string of the molecule is Cc1cc(C)n(Cc2ccc(C(=O)Nc3ccc(Br)cc3C)s2)n1. The summed E-state index contributed by atoms with van der Waals surface area (Å²) in [5, 5.41) is 7.44. The van der Waals surface area contributed by atoms with Crippen molar-refractivity contribution in [2.45, 2.75) is 27.3 Å². The molecule has 0 saturated heterocycles.